The average molecular weight is 244 g/mol. The lowest BCUT2D eigenvalue weighted by atomic mass is 10.2. The van der Waals surface area contributed by atoms with E-state index in [0.717, 1.165) is 22.8 Å². The first-order valence-corrected chi connectivity index (χ1v) is 5.71. The van der Waals surface area contributed by atoms with Crippen LogP contribution in [-0.2, 0) is 11.3 Å². The predicted octanol–water partition coefficient (Wildman–Crippen LogP) is 2.47. The van der Waals surface area contributed by atoms with Gasteiger partial charge in [0.2, 0.25) is 0 Å². The first-order chi connectivity index (χ1) is 7.79. The lowest BCUT2D eigenvalue weighted by Gasteiger charge is -2.12. The molecule has 1 aromatic rings. The van der Waals surface area contributed by atoms with E-state index in [2.05, 4.69) is 5.32 Å². The molecule has 0 heterocycles. The van der Waals surface area contributed by atoms with Crippen molar-refractivity contribution < 1.29 is 9.47 Å². The van der Waals surface area contributed by atoms with Crippen molar-refractivity contribution in [3.8, 4) is 5.75 Å². The second-order valence-electron chi connectivity index (χ2n) is 3.44. The number of benzene rings is 1. The molecule has 0 fully saturated rings. The molecule has 90 valence electrons. The smallest absolute Gasteiger partial charge is 0.125 e. The molecule has 0 unspecified atom stereocenters. The van der Waals surface area contributed by atoms with Crippen molar-refractivity contribution in [2.75, 3.05) is 27.4 Å². The molecule has 4 heteroatoms. The molecule has 1 aromatic carbocycles. The van der Waals surface area contributed by atoms with Crippen molar-refractivity contribution in [1.82, 2.24) is 5.32 Å². The first kappa shape index (κ1) is 13.3. The minimum atomic E-state index is 0.644. The van der Waals surface area contributed by atoms with Gasteiger partial charge in [-0.1, -0.05) is 17.7 Å². The summed E-state index contributed by atoms with van der Waals surface area (Å²) < 4.78 is 10.6. The van der Waals surface area contributed by atoms with Crippen LogP contribution >= 0.6 is 11.6 Å². The lowest BCUT2D eigenvalue weighted by Crippen LogP contribution is -2.09. The number of methoxy groups -OCH3 is 1. The second-order valence-corrected chi connectivity index (χ2v) is 3.85. The Morgan fingerprint density at radius 2 is 2.12 bits per heavy atom. The van der Waals surface area contributed by atoms with Crippen LogP contribution in [0.25, 0.3) is 0 Å². The Kier molecular flexibility index (Phi) is 6.23. The summed E-state index contributed by atoms with van der Waals surface area (Å²) in [6, 6.07) is 5.70. The van der Waals surface area contributed by atoms with Crippen molar-refractivity contribution in [1.29, 1.82) is 0 Å². The number of hydrogen-bond acceptors (Lipinski definition) is 3. The molecule has 0 amide bonds. The third-order valence-corrected chi connectivity index (χ3v) is 2.53. The molecule has 0 spiro atoms. The normalized spacial score (nSPS) is 10.4. The minimum Gasteiger partial charge on any atom is -0.493 e. The monoisotopic (exact) mass is 243 g/mol. The van der Waals surface area contributed by atoms with Crippen molar-refractivity contribution in [3.63, 3.8) is 0 Å². The van der Waals surface area contributed by atoms with Crippen molar-refractivity contribution >= 4 is 11.6 Å². The van der Waals surface area contributed by atoms with Gasteiger partial charge in [0, 0.05) is 37.3 Å². The van der Waals surface area contributed by atoms with E-state index in [1.54, 1.807) is 7.11 Å². The number of halogens is 1. The van der Waals surface area contributed by atoms with Gasteiger partial charge in [0.15, 0.2) is 0 Å². The molecule has 1 N–H and O–H groups in total. The molecule has 0 saturated carbocycles. The fourth-order valence-electron chi connectivity index (χ4n) is 1.41. The molecule has 1 rings (SSSR count). The number of ether oxygens (including phenoxy) is 2. The predicted molar refractivity (Wildman–Crippen MR) is 66.2 cm³/mol. The van der Waals surface area contributed by atoms with Gasteiger partial charge in [-0.3, -0.25) is 0 Å². The zero-order valence-corrected chi connectivity index (χ0v) is 10.5. The van der Waals surface area contributed by atoms with Crippen LogP contribution in [-0.4, -0.2) is 27.4 Å². The van der Waals surface area contributed by atoms with Crippen LogP contribution in [0.5, 0.6) is 5.75 Å². The van der Waals surface area contributed by atoms with E-state index in [9.17, 15) is 0 Å². The van der Waals surface area contributed by atoms with Crippen LogP contribution in [0.4, 0.5) is 0 Å². The molecular weight excluding hydrogens is 226 g/mol. The molecule has 0 bridgehead atoms. The molecule has 0 aliphatic rings. The molecule has 0 radical (unpaired) electrons. The van der Waals surface area contributed by atoms with Gasteiger partial charge in [-0.2, -0.15) is 0 Å². The highest BCUT2D eigenvalue weighted by Gasteiger charge is 2.06. The van der Waals surface area contributed by atoms with Gasteiger partial charge in [0.25, 0.3) is 0 Å². The highest BCUT2D eigenvalue weighted by atomic mass is 35.5. The van der Waals surface area contributed by atoms with Crippen molar-refractivity contribution in [3.05, 3.63) is 28.8 Å². The molecular formula is C12H18ClNO2. The van der Waals surface area contributed by atoms with Gasteiger partial charge in [-0.15, -0.1) is 0 Å². The van der Waals surface area contributed by atoms with Gasteiger partial charge in [-0.25, -0.2) is 0 Å². The van der Waals surface area contributed by atoms with Crippen LogP contribution in [0.15, 0.2) is 18.2 Å². The summed E-state index contributed by atoms with van der Waals surface area (Å²) in [6.45, 7) is 2.06. The fourth-order valence-corrected chi connectivity index (χ4v) is 1.64. The molecule has 0 saturated heterocycles. The van der Waals surface area contributed by atoms with Gasteiger partial charge >= 0.3 is 0 Å². The van der Waals surface area contributed by atoms with Crippen LogP contribution in [0.1, 0.15) is 12.0 Å². The largest absolute Gasteiger partial charge is 0.493 e. The SMILES string of the molecule is CNCc1c(Cl)cccc1OCCCOC. The number of hydrogen-bond donors (Lipinski definition) is 1. The van der Waals surface area contributed by atoms with Crippen molar-refractivity contribution in [2.24, 2.45) is 0 Å². The van der Waals surface area contributed by atoms with Crippen molar-refractivity contribution in [2.45, 2.75) is 13.0 Å². The van der Waals surface area contributed by atoms with E-state index in [4.69, 9.17) is 21.1 Å². The Labute approximate surface area is 102 Å². The van der Waals surface area contributed by atoms with Crippen LogP contribution in [0.3, 0.4) is 0 Å². The third-order valence-electron chi connectivity index (χ3n) is 2.18. The van der Waals surface area contributed by atoms with Gasteiger partial charge < -0.3 is 14.8 Å². The Balaban J connectivity index is 2.59. The molecule has 0 atom stereocenters. The third kappa shape index (κ3) is 4.00. The Hall–Kier alpha value is -0.770. The van der Waals surface area contributed by atoms with Crippen LogP contribution in [0, 0.1) is 0 Å². The fraction of sp³-hybridized carbons (Fsp3) is 0.500. The lowest BCUT2D eigenvalue weighted by molar-refractivity contribution is 0.172. The summed E-state index contributed by atoms with van der Waals surface area (Å²) in [4.78, 5) is 0. The van der Waals surface area contributed by atoms with E-state index in [0.29, 0.717) is 19.8 Å². The van der Waals surface area contributed by atoms with Crippen LogP contribution in [0.2, 0.25) is 5.02 Å². The topological polar surface area (TPSA) is 30.5 Å². The molecule has 0 aromatic heterocycles. The molecule has 0 aliphatic heterocycles. The number of nitrogens with one attached hydrogen (secondary N) is 1. The molecule has 3 nitrogen and oxygen atoms in total. The van der Waals surface area contributed by atoms with E-state index in [-0.39, 0.29) is 0 Å². The average Bonchev–Trinajstić information content (AvgIpc) is 2.29. The van der Waals surface area contributed by atoms with E-state index in [1.165, 1.54) is 0 Å². The zero-order chi connectivity index (χ0) is 11.8. The van der Waals surface area contributed by atoms with Crippen LogP contribution < -0.4 is 10.1 Å². The number of rotatable bonds is 7. The van der Waals surface area contributed by atoms with E-state index < -0.39 is 0 Å². The summed E-state index contributed by atoms with van der Waals surface area (Å²) >= 11 is 6.10. The summed E-state index contributed by atoms with van der Waals surface area (Å²) in [5, 5.41) is 3.81. The maximum absolute atomic E-state index is 6.10. The highest BCUT2D eigenvalue weighted by Crippen LogP contribution is 2.26. The summed E-state index contributed by atoms with van der Waals surface area (Å²) in [5.41, 5.74) is 1.00. The maximum atomic E-state index is 6.10. The minimum absolute atomic E-state index is 0.644. The summed E-state index contributed by atoms with van der Waals surface area (Å²) in [5.74, 6) is 0.845. The van der Waals surface area contributed by atoms with E-state index >= 15 is 0 Å². The second kappa shape index (κ2) is 7.49. The highest BCUT2D eigenvalue weighted by molar-refractivity contribution is 6.31. The van der Waals surface area contributed by atoms with Gasteiger partial charge in [0.05, 0.1) is 6.61 Å². The summed E-state index contributed by atoms with van der Waals surface area (Å²) in [7, 11) is 3.57. The molecule has 0 aliphatic carbocycles. The Bertz CT molecular complexity index is 318. The zero-order valence-electron chi connectivity index (χ0n) is 9.75. The summed E-state index contributed by atoms with van der Waals surface area (Å²) in [6.07, 6.45) is 0.877. The van der Waals surface area contributed by atoms with Gasteiger partial charge in [-0.05, 0) is 19.2 Å². The maximum Gasteiger partial charge on any atom is 0.125 e. The Morgan fingerprint density at radius 3 is 2.81 bits per heavy atom. The van der Waals surface area contributed by atoms with E-state index in [1.807, 2.05) is 25.2 Å². The standard InChI is InChI=1S/C12H18ClNO2/c1-14-9-10-11(13)5-3-6-12(10)16-8-4-7-15-2/h3,5-6,14H,4,7-9H2,1-2H3. The van der Waals surface area contributed by atoms with Gasteiger partial charge in [0.1, 0.15) is 5.75 Å². The quantitative estimate of drug-likeness (QED) is 0.747. The first-order valence-electron chi connectivity index (χ1n) is 5.33. The molecule has 16 heavy (non-hydrogen) atoms. The Morgan fingerprint density at radius 1 is 1.31 bits per heavy atom.